The molecule has 0 unspecified atom stereocenters. The summed E-state index contributed by atoms with van der Waals surface area (Å²) in [6.45, 7) is 0.674. The van der Waals surface area contributed by atoms with Gasteiger partial charge in [0.2, 0.25) is 0 Å². The van der Waals surface area contributed by atoms with Crippen molar-refractivity contribution >= 4 is 44.0 Å². The standard InChI is InChI=1S/C17H15Br2NO2/c18-15-9-4-10-16(19)14(15)8-5-11-20-17(21)22-12-13-6-2-1-3-7-13/h1-10H,11-12H2,(H,20,21). The smallest absolute Gasteiger partial charge is 0.407 e. The van der Waals surface area contributed by atoms with Crippen LogP contribution in [0.25, 0.3) is 6.08 Å². The predicted octanol–water partition coefficient (Wildman–Crippen LogP) is 5.15. The van der Waals surface area contributed by atoms with Crippen LogP contribution in [0.4, 0.5) is 4.79 Å². The lowest BCUT2D eigenvalue weighted by atomic mass is 10.2. The number of carbonyl (C=O) groups is 1. The first-order valence-electron chi connectivity index (χ1n) is 6.72. The molecule has 5 heteroatoms. The predicted molar refractivity (Wildman–Crippen MR) is 95.5 cm³/mol. The number of rotatable bonds is 5. The van der Waals surface area contributed by atoms with Gasteiger partial charge in [-0.1, -0.05) is 80.4 Å². The van der Waals surface area contributed by atoms with Crippen molar-refractivity contribution in [2.45, 2.75) is 6.61 Å². The Labute approximate surface area is 146 Å². The van der Waals surface area contributed by atoms with Crippen LogP contribution in [0.3, 0.4) is 0 Å². The molecule has 0 aromatic heterocycles. The summed E-state index contributed by atoms with van der Waals surface area (Å²) in [5.74, 6) is 0. The van der Waals surface area contributed by atoms with E-state index in [0.717, 1.165) is 20.1 Å². The van der Waals surface area contributed by atoms with Crippen molar-refractivity contribution in [1.29, 1.82) is 0 Å². The van der Waals surface area contributed by atoms with E-state index in [-0.39, 0.29) is 6.61 Å². The van der Waals surface area contributed by atoms with Gasteiger partial charge in [-0.05, 0) is 17.7 Å². The molecule has 2 rings (SSSR count). The van der Waals surface area contributed by atoms with Crippen LogP contribution >= 0.6 is 31.9 Å². The molecule has 0 saturated carbocycles. The summed E-state index contributed by atoms with van der Waals surface area (Å²) < 4.78 is 7.11. The highest BCUT2D eigenvalue weighted by atomic mass is 79.9. The molecule has 22 heavy (non-hydrogen) atoms. The van der Waals surface area contributed by atoms with Gasteiger partial charge in [-0.25, -0.2) is 4.79 Å². The van der Waals surface area contributed by atoms with Crippen LogP contribution < -0.4 is 5.32 Å². The highest BCUT2D eigenvalue weighted by Gasteiger charge is 2.02. The maximum absolute atomic E-state index is 11.6. The molecule has 114 valence electrons. The highest BCUT2D eigenvalue weighted by Crippen LogP contribution is 2.26. The molecule has 0 radical (unpaired) electrons. The van der Waals surface area contributed by atoms with Crippen LogP contribution in [-0.2, 0) is 11.3 Å². The van der Waals surface area contributed by atoms with Crippen molar-refractivity contribution < 1.29 is 9.53 Å². The van der Waals surface area contributed by atoms with Crippen LogP contribution in [0.2, 0.25) is 0 Å². The van der Waals surface area contributed by atoms with Gasteiger partial charge in [-0.15, -0.1) is 0 Å². The number of benzene rings is 2. The van der Waals surface area contributed by atoms with E-state index in [1.807, 2.05) is 60.7 Å². The lowest BCUT2D eigenvalue weighted by molar-refractivity contribution is 0.141. The van der Waals surface area contributed by atoms with E-state index in [2.05, 4.69) is 37.2 Å². The van der Waals surface area contributed by atoms with Crippen LogP contribution in [-0.4, -0.2) is 12.6 Å². The molecule has 0 aliphatic rings. The van der Waals surface area contributed by atoms with Crippen molar-refractivity contribution in [3.05, 3.63) is 74.7 Å². The molecule has 1 amide bonds. The number of alkyl carbamates (subject to hydrolysis) is 1. The normalized spacial score (nSPS) is 10.6. The van der Waals surface area contributed by atoms with Crippen LogP contribution in [0.15, 0.2) is 63.6 Å². The summed E-state index contributed by atoms with van der Waals surface area (Å²) in [5, 5.41) is 2.68. The first-order chi connectivity index (χ1) is 10.7. The maximum Gasteiger partial charge on any atom is 0.407 e. The van der Waals surface area contributed by atoms with Gasteiger partial charge in [0, 0.05) is 21.1 Å². The minimum atomic E-state index is -0.431. The summed E-state index contributed by atoms with van der Waals surface area (Å²) in [6.07, 6.45) is 3.37. The molecule has 0 aliphatic carbocycles. The number of nitrogens with one attached hydrogen (secondary N) is 1. The van der Waals surface area contributed by atoms with Gasteiger partial charge in [0.15, 0.2) is 0 Å². The molecule has 0 heterocycles. The van der Waals surface area contributed by atoms with Crippen molar-refractivity contribution in [2.24, 2.45) is 0 Å². The Kier molecular flexibility index (Phi) is 6.68. The number of carbonyl (C=O) groups excluding carboxylic acids is 1. The molecule has 2 aromatic carbocycles. The van der Waals surface area contributed by atoms with Gasteiger partial charge in [0.1, 0.15) is 6.61 Å². The van der Waals surface area contributed by atoms with Gasteiger partial charge in [0.25, 0.3) is 0 Å². The second-order valence-electron chi connectivity index (χ2n) is 4.48. The van der Waals surface area contributed by atoms with E-state index in [9.17, 15) is 4.79 Å². The third kappa shape index (κ3) is 5.31. The number of hydrogen-bond acceptors (Lipinski definition) is 2. The lowest BCUT2D eigenvalue weighted by Gasteiger charge is -2.05. The number of ether oxygens (including phenoxy) is 1. The van der Waals surface area contributed by atoms with Crippen LogP contribution in [0.1, 0.15) is 11.1 Å². The quantitative estimate of drug-likeness (QED) is 0.720. The molecular weight excluding hydrogens is 410 g/mol. The first kappa shape index (κ1) is 16.8. The number of amides is 1. The topological polar surface area (TPSA) is 38.3 Å². The molecule has 0 bridgehead atoms. The van der Waals surface area contributed by atoms with Gasteiger partial charge in [0.05, 0.1) is 0 Å². The van der Waals surface area contributed by atoms with E-state index in [1.54, 1.807) is 0 Å². The van der Waals surface area contributed by atoms with E-state index in [4.69, 9.17) is 4.74 Å². The van der Waals surface area contributed by atoms with Crippen molar-refractivity contribution in [2.75, 3.05) is 6.54 Å². The second kappa shape index (κ2) is 8.76. The molecule has 2 aromatic rings. The largest absolute Gasteiger partial charge is 0.445 e. The second-order valence-corrected chi connectivity index (χ2v) is 6.19. The van der Waals surface area contributed by atoms with Gasteiger partial charge >= 0.3 is 6.09 Å². The summed E-state index contributed by atoms with van der Waals surface area (Å²) >= 11 is 6.97. The zero-order valence-corrected chi connectivity index (χ0v) is 14.9. The van der Waals surface area contributed by atoms with E-state index >= 15 is 0 Å². The van der Waals surface area contributed by atoms with E-state index in [0.29, 0.717) is 6.54 Å². The Balaban J connectivity index is 1.76. The highest BCUT2D eigenvalue weighted by molar-refractivity contribution is 9.11. The maximum atomic E-state index is 11.6. The fraction of sp³-hybridized carbons (Fsp3) is 0.118. The van der Waals surface area contributed by atoms with Crippen molar-refractivity contribution in [1.82, 2.24) is 5.32 Å². The minimum absolute atomic E-state index is 0.270. The molecule has 0 fully saturated rings. The molecule has 0 saturated heterocycles. The third-order valence-electron chi connectivity index (χ3n) is 2.86. The van der Waals surface area contributed by atoms with E-state index in [1.165, 1.54) is 0 Å². The Morgan fingerprint density at radius 1 is 1.05 bits per heavy atom. The van der Waals surface area contributed by atoms with Crippen molar-refractivity contribution in [3.8, 4) is 0 Å². The molecule has 0 atom stereocenters. The van der Waals surface area contributed by atoms with Crippen molar-refractivity contribution in [3.63, 3.8) is 0 Å². The molecular formula is C17H15Br2NO2. The fourth-order valence-electron chi connectivity index (χ4n) is 1.76. The Morgan fingerprint density at radius 2 is 1.73 bits per heavy atom. The molecule has 0 aliphatic heterocycles. The van der Waals surface area contributed by atoms with Crippen LogP contribution in [0, 0.1) is 0 Å². The summed E-state index contributed by atoms with van der Waals surface area (Å²) in [4.78, 5) is 11.6. The SMILES string of the molecule is O=C(NCC=Cc1c(Br)cccc1Br)OCc1ccccc1. The summed E-state index contributed by atoms with van der Waals surface area (Å²) in [5.41, 5.74) is 1.99. The number of halogens is 2. The average molecular weight is 425 g/mol. The third-order valence-corrected chi connectivity index (χ3v) is 4.24. The van der Waals surface area contributed by atoms with Gasteiger partial charge < -0.3 is 10.1 Å². The summed E-state index contributed by atoms with van der Waals surface area (Å²) in [6, 6.07) is 15.5. The molecule has 3 nitrogen and oxygen atoms in total. The summed E-state index contributed by atoms with van der Waals surface area (Å²) in [7, 11) is 0. The molecule has 1 N–H and O–H groups in total. The Bertz CT molecular complexity index is 637. The Morgan fingerprint density at radius 3 is 2.41 bits per heavy atom. The van der Waals surface area contributed by atoms with Gasteiger partial charge in [-0.3, -0.25) is 0 Å². The van der Waals surface area contributed by atoms with Crippen LogP contribution in [0.5, 0.6) is 0 Å². The van der Waals surface area contributed by atoms with E-state index < -0.39 is 6.09 Å². The monoisotopic (exact) mass is 423 g/mol. The minimum Gasteiger partial charge on any atom is -0.445 e. The fourth-order valence-corrected chi connectivity index (χ4v) is 3.03. The first-order valence-corrected chi connectivity index (χ1v) is 8.30. The zero-order valence-electron chi connectivity index (χ0n) is 11.8. The lowest BCUT2D eigenvalue weighted by Crippen LogP contribution is -2.24. The zero-order chi connectivity index (χ0) is 15.8. The van der Waals surface area contributed by atoms with Gasteiger partial charge in [-0.2, -0.15) is 0 Å². The Hall–Kier alpha value is -1.59. The number of hydrogen-bond donors (Lipinski definition) is 1. The molecule has 0 spiro atoms. The average Bonchev–Trinajstić information content (AvgIpc) is 2.53.